The molecule has 1 aromatic heterocycles. The van der Waals surface area contributed by atoms with Crippen molar-refractivity contribution < 1.29 is 9.13 Å². The fourth-order valence-corrected chi connectivity index (χ4v) is 2.02. The predicted octanol–water partition coefficient (Wildman–Crippen LogP) is 3.66. The van der Waals surface area contributed by atoms with Gasteiger partial charge in [-0.1, -0.05) is 22.9 Å². The number of halogens is 2. The molecule has 2 aromatic rings. The van der Waals surface area contributed by atoms with Crippen molar-refractivity contribution in [3.05, 3.63) is 28.5 Å². The molecular formula is C14H16BrFN4O. The minimum atomic E-state index is -0.395. The second-order valence-corrected chi connectivity index (χ2v) is 5.16. The van der Waals surface area contributed by atoms with Crippen molar-refractivity contribution >= 4 is 21.9 Å². The molecule has 0 unspecified atom stereocenters. The van der Waals surface area contributed by atoms with Gasteiger partial charge in [-0.25, -0.2) is 4.39 Å². The van der Waals surface area contributed by atoms with Crippen molar-refractivity contribution in [2.75, 3.05) is 18.5 Å². The minimum Gasteiger partial charge on any atom is -0.464 e. The van der Waals surface area contributed by atoms with Gasteiger partial charge in [0.1, 0.15) is 5.82 Å². The lowest BCUT2D eigenvalue weighted by atomic mass is 10.2. The summed E-state index contributed by atoms with van der Waals surface area (Å²) in [6.45, 7) is 5.02. The Morgan fingerprint density at radius 3 is 2.76 bits per heavy atom. The van der Waals surface area contributed by atoms with E-state index in [0.29, 0.717) is 18.1 Å². The van der Waals surface area contributed by atoms with Gasteiger partial charge < -0.3 is 10.1 Å². The lowest BCUT2D eigenvalue weighted by Crippen LogP contribution is -2.09. The maximum absolute atomic E-state index is 14.0. The van der Waals surface area contributed by atoms with Gasteiger partial charge in [0.15, 0.2) is 5.82 Å². The lowest BCUT2D eigenvalue weighted by Gasteiger charge is -2.09. The minimum absolute atomic E-state index is 0.181. The summed E-state index contributed by atoms with van der Waals surface area (Å²) in [5.41, 5.74) is 0.298. The predicted molar refractivity (Wildman–Crippen MR) is 82.9 cm³/mol. The van der Waals surface area contributed by atoms with Crippen LogP contribution in [0.3, 0.4) is 0 Å². The Morgan fingerprint density at radius 2 is 2.05 bits per heavy atom. The molecule has 2 rings (SSSR count). The molecule has 0 spiro atoms. The number of hydrogen-bond donors (Lipinski definition) is 1. The molecule has 0 saturated carbocycles. The van der Waals surface area contributed by atoms with Crippen molar-refractivity contribution in [3.63, 3.8) is 0 Å². The van der Waals surface area contributed by atoms with Crippen LogP contribution in [0.2, 0.25) is 0 Å². The Bertz CT molecular complexity index is 624. The molecule has 0 aliphatic heterocycles. The van der Waals surface area contributed by atoms with Gasteiger partial charge in [-0.15, -0.1) is 0 Å². The third-order valence-electron chi connectivity index (χ3n) is 2.59. The zero-order chi connectivity index (χ0) is 15.2. The number of hydrogen-bond acceptors (Lipinski definition) is 5. The number of benzene rings is 1. The molecule has 0 radical (unpaired) electrons. The molecular weight excluding hydrogens is 339 g/mol. The van der Waals surface area contributed by atoms with E-state index in [1.54, 1.807) is 12.1 Å². The first-order valence-electron chi connectivity index (χ1n) is 6.72. The number of nitrogens with one attached hydrogen (secondary N) is 1. The average Bonchev–Trinajstić information content (AvgIpc) is 2.48. The smallest absolute Gasteiger partial charge is 0.321 e. The van der Waals surface area contributed by atoms with Crippen LogP contribution in [0, 0.1) is 5.82 Å². The Labute approximate surface area is 131 Å². The van der Waals surface area contributed by atoms with E-state index in [2.05, 4.69) is 36.2 Å². The summed E-state index contributed by atoms with van der Waals surface area (Å²) in [7, 11) is 0. The highest BCUT2D eigenvalue weighted by Gasteiger charge is 2.13. The molecule has 0 bridgehead atoms. The maximum Gasteiger partial charge on any atom is 0.321 e. The van der Waals surface area contributed by atoms with Gasteiger partial charge in [-0.3, -0.25) is 0 Å². The number of anilines is 1. The summed E-state index contributed by atoms with van der Waals surface area (Å²) >= 11 is 3.32. The zero-order valence-corrected chi connectivity index (χ0v) is 13.4. The molecule has 0 fully saturated rings. The number of nitrogens with zero attached hydrogens (tertiary/aromatic N) is 3. The summed E-state index contributed by atoms with van der Waals surface area (Å²) in [5.74, 6) is 0.226. The van der Waals surface area contributed by atoms with Crippen molar-refractivity contribution in [2.24, 2.45) is 0 Å². The maximum atomic E-state index is 14.0. The molecule has 21 heavy (non-hydrogen) atoms. The first kappa shape index (κ1) is 15.6. The second kappa shape index (κ2) is 7.31. The largest absolute Gasteiger partial charge is 0.464 e. The monoisotopic (exact) mass is 354 g/mol. The first-order chi connectivity index (χ1) is 10.1. The molecule has 7 heteroatoms. The fraction of sp³-hybridized carbons (Fsp3) is 0.357. The molecule has 5 nitrogen and oxygen atoms in total. The number of aromatic nitrogens is 3. The SMILES string of the molecule is CCCNc1nc(OCC)nc(-c2cc(Br)ccc2F)n1. The van der Waals surface area contributed by atoms with E-state index in [4.69, 9.17) is 4.74 Å². The first-order valence-corrected chi connectivity index (χ1v) is 7.51. The van der Waals surface area contributed by atoms with E-state index in [-0.39, 0.29) is 11.8 Å². The van der Waals surface area contributed by atoms with Crippen molar-refractivity contribution in [2.45, 2.75) is 20.3 Å². The summed E-state index contributed by atoms with van der Waals surface area (Å²) < 4.78 is 20.0. The van der Waals surface area contributed by atoms with E-state index in [1.165, 1.54) is 6.07 Å². The summed E-state index contributed by atoms with van der Waals surface area (Å²) in [6, 6.07) is 4.80. The topological polar surface area (TPSA) is 59.9 Å². The van der Waals surface area contributed by atoms with Gasteiger partial charge >= 0.3 is 6.01 Å². The molecule has 1 heterocycles. The van der Waals surface area contributed by atoms with Crippen LogP contribution in [0.4, 0.5) is 10.3 Å². The van der Waals surface area contributed by atoms with E-state index in [0.717, 1.165) is 17.4 Å². The van der Waals surface area contributed by atoms with Gasteiger partial charge in [0.2, 0.25) is 5.95 Å². The van der Waals surface area contributed by atoms with Crippen molar-refractivity contribution in [3.8, 4) is 17.4 Å². The third kappa shape index (κ3) is 4.10. The molecule has 1 N–H and O–H groups in total. The zero-order valence-electron chi connectivity index (χ0n) is 11.9. The second-order valence-electron chi connectivity index (χ2n) is 4.25. The lowest BCUT2D eigenvalue weighted by molar-refractivity contribution is 0.312. The van der Waals surface area contributed by atoms with Crippen molar-refractivity contribution in [1.82, 2.24) is 15.0 Å². The van der Waals surface area contributed by atoms with Gasteiger partial charge in [0.25, 0.3) is 0 Å². The van der Waals surface area contributed by atoms with Crippen LogP contribution >= 0.6 is 15.9 Å². The van der Waals surface area contributed by atoms with Crippen LogP contribution < -0.4 is 10.1 Å². The summed E-state index contributed by atoms with van der Waals surface area (Å²) in [6.07, 6.45) is 0.927. The van der Waals surface area contributed by atoms with Crippen LogP contribution in [-0.2, 0) is 0 Å². The van der Waals surface area contributed by atoms with Gasteiger partial charge in [0, 0.05) is 11.0 Å². The summed E-state index contributed by atoms with van der Waals surface area (Å²) in [5, 5.41) is 3.06. The molecule has 0 saturated heterocycles. The highest BCUT2D eigenvalue weighted by atomic mass is 79.9. The molecule has 1 aromatic carbocycles. The van der Waals surface area contributed by atoms with Crippen LogP contribution in [0.1, 0.15) is 20.3 Å². The Balaban J connectivity index is 2.45. The third-order valence-corrected chi connectivity index (χ3v) is 3.08. The van der Waals surface area contributed by atoms with Gasteiger partial charge in [-0.2, -0.15) is 15.0 Å². The standard InChI is InChI=1S/C14H16BrFN4O/c1-3-7-17-13-18-12(19-14(20-13)21-4-2)10-8-9(15)5-6-11(10)16/h5-6,8H,3-4,7H2,1-2H3,(H,17,18,19,20). The highest BCUT2D eigenvalue weighted by molar-refractivity contribution is 9.10. The number of rotatable bonds is 6. The fourth-order valence-electron chi connectivity index (χ4n) is 1.66. The molecule has 0 amide bonds. The molecule has 112 valence electrons. The van der Waals surface area contributed by atoms with E-state index >= 15 is 0 Å². The van der Waals surface area contributed by atoms with Gasteiger partial charge in [-0.05, 0) is 31.5 Å². The normalized spacial score (nSPS) is 10.5. The number of ether oxygens (including phenoxy) is 1. The van der Waals surface area contributed by atoms with E-state index in [1.807, 2.05) is 13.8 Å². The van der Waals surface area contributed by atoms with Crippen molar-refractivity contribution in [1.29, 1.82) is 0 Å². The average molecular weight is 355 g/mol. The van der Waals surface area contributed by atoms with Crippen LogP contribution in [0.25, 0.3) is 11.4 Å². The summed E-state index contributed by atoms with van der Waals surface area (Å²) in [4.78, 5) is 12.6. The van der Waals surface area contributed by atoms with Crippen LogP contribution in [-0.4, -0.2) is 28.1 Å². The quantitative estimate of drug-likeness (QED) is 0.857. The Kier molecular flexibility index (Phi) is 5.44. The highest BCUT2D eigenvalue weighted by Crippen LogP contribution is 2.25. The molecule has 0 aliphatic carbocycles. The Morgan fingerprint density at radius 1 is 1.24 bits per heavy atom. The van der Waals surface area contributed by atoms with Gasteiger partial charge in [0.05, 0.1) is 12.2 Å². The molecule has 0 atom stereocenters. The Hall–Kier alpha value is -1.76. The van der Waals surface area contributed by atoms with E-state index in [9.17, 15) is 4.39 Å². The van der Waals surface area contributed by atoms with E-state index < -0.39 is 5.82 Å². The molecule has 0 aliphatic rings. The van der Waals surface area contributed by atoms with Crippen LogP contribution in [0.5, 0.6) is 6.01 Å². The van der Waals surface area contributed by atoms with Crippen LogP contribution in [0.15, 0.2) is 22.7 Å².